The molecule has 0 aliphatic carbocycles. The summed E-state index contributed by atoms with van der Waals surface area (Å²) in [5, 5.41) is 15.4. The van der Waals surface area contributed by atoms with Gasteiger partial charge in [0.05, 0.1) is 18.8 Å². The molecule has 1 atom stereocenters. The number of rotatable bonds is 5. The molecule has 17 heavy (non-hydrogen) atoms. The number of carbonyl (C=O) groups is 1. The number of carboxylic acids is 1. The van der Waals surface area contributed by atoms with Gasteiger partial charge in [-0.15, -0.1) is 0 Å². The lowest BCUT2D eigenvalue weighted by molar-refractivity contribution is 0.0659. The average molecular weight is 236 g/mol. The maximum absolute atomic E-state index is 10.6. The predicted molar refractivity (Wildman–Crippen MR) is 57.4 cm³/mol. The quantitative estimate of drug-likeness (QED) is 0.823. The van der Waals surface area contributed by atoms with Crippen LogP contribution in [0.2, 0.25) is 0 Å². The lowest BCUT2D eigenvalue weighted by atomic mass is 10.2. The number of aromatic carboxylic acids is 1. The Morgan fingerprint density at radius 1 is 1.53 bits per heavy atom. The lowest BCUT2D eigenvalue weighted by Crippen LogP contribution is -2.17. The molecule has 0 aromatic carbocycles. The molecule has 2 aromatic rings. The van der Waals surface area contributed by atoms with Gasteiger partial charge >= 0.3 is 5.97 Å². The Morgan fingerprint density at radius 2 is 2.35 bits per heavy atom. The SMILES string of the molecule is CC(NCc1ccno1)c1ccc(C(=O)O)o1. The van der Waals surface area contributed by atoms with Crippen LogP contribution in [0, 0.1) is 0 Å². The third kappa shape index (κ3) is 2.73. The van der Waals surface area contributed by atoms with Crippen LogP contribution in [0.15, 0.2) is 33.3 Å². The van der Waals surface area contributed by atoms with E-state index in [1.807, 2.05) is 6.92 Å². The molecule has 0 fully saturated rings. The summed E-state index contributed by atoms with van der Waals surface area (Å²) in [4.78, 5) is 10.6. The van der Waals surface area contributed by atoms with Crippen LogP contribution in [0.5, 0.6) is 0 Å². The highest BCUT2D eigenvalue weighted by atomic mass is 16.5. The molecule has 0 bridgehead atoms. The second kappa shape index (κ2) is 4.84. The van der Waals surface area contributed by atoms with Crippen LogP contribution < -0.4 is 5.32 Å². The number of carboxylic acid groups (broad SMARTS) is 1. The molecule has 90 valence electrons. The van der Waals surface area contributed by atoms with E-state index in [2.05, 4.69) is 10.5 Å². The highest BCUT2D eigenvalue weighted by Gasteiger charge is 2.14. The molecular weight excluding hydrogens is 224 g/mol. The Bertz CT molecular complexity index is 489. The van der Waals surface area contributed by atoms with Gasteiger partial charge in [-0.1, -0.05) is 5.16 Å². The van der Waals surface area contributed by atoms with Crippen molar-refractivity contribution in [1.82, 2.24) is 10.5 Å². The van der Waals surface area contributed by atoms with Crippen molar-refractivity contribution >= 4 is 5.97 Å². The first-order chi connectivity index (χ1) is 8.16. The number of aromatic nitrogens is 1. The zero-order chi connectivity index (χ0) is 12.3. The van der Waals surface area contributed by atoms with E-state index in [-0.39, 0.29) is 11.8 Å². The van der Waals surface area contributed by atoms with Gasteiger partial charge in [0.2, 0.25) is 5.76 Å². The van der Waals surface area contributed by atoms with Gasteiger partial charge in [-0.3, -0.25) is 0 Å². The van der Waals surface area contributed by atoms with Crippen LogP contribution in [0.4, 0.5) is 0 Å². The van der Waals surface area contributed by atoms with E-state index in [4.69, 9.17) is 14.0 Å². The molecule has 6 heteroatoms. The summed E-state index contributed by atoms with van der Waals surface area (Å²) in [7, 11) is 0. The van der Waals surface area contributed by atoms with Crippen LogP contribution in [-0.2, 0) is 6.54 Å². The number of hydrogen-bond donors (Lipinski definition) is 2. The Labute approximate surface area is 97.2 Å². The Hall–Kier alpha value is -2.08. The van der Waals surface area contributed by atoms with Gasteiger partial charge in [-0.2, -0.15) is 0 Å². The summed E-state index contributed by atoms with van der Waals surface area (Å²) in [5.74, 6) is 0.149. The third-order valence-electron chi connectivity index (χ3n) is 2.34. The largest absolute Gasteiger partial charge is 0.475 e. The van der Waals surface area contributed by atoms with Crippen molar-refractivity contribution in [3.63, 3.8) is 0 Å². The fraction of sp³-hybridized carbons (Fsp3) is 0.273. The van der Waals surface area contributed by atoms with E-state index in [1.165, 1.54) is 6.07 Å². The second-order valence-corrected chi connectivity index (χ2v) is 3.59. The van der Waals surface area contributed by atoms with E-state index in [0.29, 0.717) is 18.1 Å². The lowest BCUT2D eigenvalue weighted by Gasteiger charge is -2.09. The van der Waals surface area contributed by atoms with Gasteiger partial charge in [0.15, 0.2) is 0 Å². The summed E-state index contributed by atoms with van der Waals surface area (Å²) in [6, 6.07) is 4.73. The molecule has 0 radical (unpaired) electrons. The van der Waals surface area contributed by atoms with E-state index in [0.717, 1.165) is 0 Å². The van der Waals surface area contributed by atoms with Gasteiger partial charge in [0, 0.05) is 6.07 Å². The van der Waals surface area contributed by atoms with E-state index in [9.17, 15) is 4.79 Å². The van der Waals surface area contributed by atoms with Gasteiger partial charge < -0.3 is 19.4 Å². The first-order valence-electron chi connectivity index (χ1n) is 5.13. The van der Waals surface area contributed by atoms with E-state index in [1.54, 1.807) is 18.3 Å². The minimum absolute atomic E-state index is 0.0617. The van der Waals surface area contributed by atoms with Gasteiger partial charge in [-0.05, 0) is 19.1 Å². The normalized spacial score (nSPS) is 12.5. The molecule has 2 N–H and O–H groups in total. The molecule has 2 heterocycles. The first kappa shape index (κ1) is 11.4. The highest BCUT2D eigenvalue weighted by molar-refractivity contribution is 5.84. The molecule has 0 spiro atoms. The average Bonchev–Trinajstić information content (AvgIpc) is 2.96. The van der Waals surface area contributed by atoms with Crippen molar-refractivity contribution in [2.75, 3.05) is 0 Å². The molecule has 0 aliphatic rings. The first-order valence-corrected chi connectivity index (χ1v) is 5.13. The van der Waals surface area contributed by atoms with Crippen LogP contribution in [0.25, 0.3) is 0 Å². The predicted octanol–water partition coefficient (Wildman–Crippen LogP) is 1.82. The van der Waals surface area contributed by atoms with Crippen LogP contribution in [-0.4, -0.2) is 16.2 Å². The third-order valence-corrected chi connectivity index (χ3v) is 2.34. The van der Waals surface area contributed by atoms with Gasteiger partial charge in [0.25, 0.3) is 0 Å². The van der Waals surface area contributed by atoms with Gasteiger partial charge in [0.1, 0.15) is 11.5 Å². The maximum Gasteiger partial charge on any atom is 0.371 e. The molecule has 1 unspecified atom stereocenters. The maximum atomic E-state index is 10.6. The summed E-state index contributed by atoms with van der Waals surface area (Å²) in [6.45, 7) is 2.38. The monoisotopic (exact) mass is 236 g/mol. The van der Waals surface area contributed by atoms with Crippen molar-refractivity contribution in [2.24, 2.45) is 0 Å². The number of furan rings is 1. The topological polar surface area (TPSA) is 88.5 Å². The molecule has 2 rings (SSSR count). The van der Waals surface area contributed by atoms with Crippen molar-refractivity contribution < 1.29 is 18.8 Å². The fourth-order valence-corrected chi connectivity index (χ4v) is 1.39. The number of hydrogen-bond acceptors (Lipinski definition) is 5. The number of nitrogens with one attached hydrogen (secondary N) is 1. The highest BCUT2D eigenvalue weighted by Crippen LogP contribution is 2.16. The van der Waals surface area contributed by atoms with Crippen LogP contribution in [0.3, 0.4) is 0 Å². The molecule has 0 saturated heterocycles. The Kier molecular flexibility index (Phi) is 3.24. The second-order valence-electron chi connectivity index (χ2n) is 3.59. The van der Waals surface area contributed by atoms with Crippen molar-refractivity contribution in [1.29, 1.82) is 0 Å². The number of nitrogens with zero attached hydrogens (tertiary/aromatic N) is 1. The van der Waals surface area contributed by atoms with E-state index >= 15 is 0 Å². The Balaban J connectivity index is 1.94. The summed E-state index contributed by atoms with van der Waals surface area (Å²) >= 11 is 0. The molecule has 6 nitrogen and oxygen atoms in total. The van der Waals surface area contributed by atoms with E-state index < -0.39 is 5.97 Å². The molecule has 2 aromatic heterocycles. The molecule has 0 saturated carbocycles. The molecular formula is C11H12N2O4. The molecule has 0 aliphatic heterocycles. The summed E-state index contributed by atoms with van der Waals surface area (Å²) < 4.78 is 10.1. The fourth-order valence-electron chi connectivity index (χ4n) is 1.39. The zero-order valence-corrected chi connectivity index (χ0v) is 9.21. The summed E-state index contributed by atoms with van der Waals surface area (Å²) in [5.41, 5.74) is 0. The van der Waals surface area contributed by atoms with Crippen LogP contribution >= 0.6 is 0 Å². The molecule has 0 amide bonds. The minimum atomic E-state index is -1.07. The van der Waals surface area contributed by atoms with Crippen LogP contribution in [0.1, 0.15) is 35.0 Å². The van der Waals surface area contributed by atoms with Crippen molar-refractivity contribution in [3.05, 3.63) is 41.7 Å². The van der Waals surface area contributed by atoms with Crippen molar-refractivity contribution in [3.8, 4) is 0 Å². The Morgan fingerprint density at radius 3 is 2.94 bits per heavy atom. The minimum Gasteiger partial charge on any atom is -0.475 e. The summed E-state index contributed by atoms with van der Waals surface area (Å²) in [6.07, 6.45) is 1.57. The van der Waals surface area contributed by atoms with Crippen molar-refractivity contribution in [2.45, 2.75) is 19.5 Å². The zero-order valence-electron chi connectivity index (χ0n) is 9.21. The smallest absolute Gasteiger partial charge is 0.371 e. The van der Waals surface area contributed by atoms with Gasteiger partial charge in [-0.25, -0.2) is 4.79 Å². The standard InChI is InChI=1S/C11H12N2O4/c1-7(12-6-8-4-5-13-17-8)9-2-3-10(16-9)11(14)15/h2-5,7,12H,6H2,1H3,(H,14,15).